The molecule has 1 spiro atoms. The largest absolute Gasteiger partial charge is 0.392 e. The van der Waals surface area contributed by atoms with Gasteiger partial charge in [-0.05, 0) is 25.8 Å². The van der Waals surface area contributed by atoms with Gasteiger partial charge in [-0.15, -0.1) is 0 Å². The van der Waals surface area contributed by atoms with Gasteiger partial charge in [0, 0.05) is 42.7 Å². The fourth-order valence-corrected chi connectivity index (χ4v) is 4.19. The molecule has 3 aliphatic heterocycles. The summed E-state index contributed by atoms with van der Waals surface area (Å²) in [5, 5.41) is 21.1. The molecule has 0 radical (unpaired) electrons. The van der Waals surface area contributed by atoms with Gasteiger partial charge in [0.2, 0.25) is 0 Å². The van der Waals surface area contributed by atoms with E-state index in [1.807, 2.05) is 4.90 Å². The number of hydrogen-bond donors (Lipinski definition) is 3. The van der Waals surface area contributed by atoms with Gasteiger partial charge in [0.1, 0.15) is 0 Å². The lowest BCUT2D eigenvalue weighted by atomic mass is 9.72. The third-order valence-electron chi connectivity index (χ3n) is 5.57. The van der Waals surface area contributed by atoms with Crippen LogP contribution in [0.4, 0.5) is 0 Å². The zero-order valence-corrected chi connectivity index (χ0v) is 13.3. The minimum absolute atomic E-state index is 0.0372. The molecule has 7 nitrogen and oxygen atoms in total. The molecule has 1 amide bonds. The monoisotopic (exact) mass is 320 g/mol. The van der Waals surface area contributed by atoms with Crippen LogP contribution in [0.5, 0.6) is 0 Å². The van der Waals surface area contributed by atoms with Crippen molar-refractivity contribution in [2.24, 2.45) is 5.41 Å². The average molecular weight is 320 g/mol. The average Bonchev–Trinajstić information content (AvgIpc) is 3.01. The van der Waals surface area contributed by atoms with Crippen molar-refractivity contribution in [3.63, 3.8) is 0 Å². The van der Waals surface area contributed by atoms with Gasteiger partial charge >= 0.3 is 0 Å². The van der Waals surface area contributed by atoms with E-state index in [1.165, 1.54) is 0 Å². The van der Waals surface area contributed by atoms with Crippen LogP contribution < -0.4 is 5.32 Å². The van der Waals surface area contributed by atoms with Crippen LogP contribution in [-0.2, 0) is 17.8 Å². The lowest BCUT2D eigenvalue weighted by Gasteiger charge is -2.48. The summed E-state index contributed by atoms with van der Waals surface area (Å²) in [6.07, 6.45) is 3.09. The Bertz CT molecular complexity index is 598. The summed E-state index contributed by atoms with van der Waals surface area (Å²) in [6, 6.07) is 0. The molecule has 1 aromatic rings. The minimum atomic E-state index is -0.337. The maximum absolute atomic E-state index is 13.0. The van der Waals surface area contributed by atoms with E-state index < -0.39 is 0 Å². The van der Waals surface area contributed by atoms with Crippen molar-refractivity contribution < 1.29 is 14.6 Å². The number of likely N-dealkylation sites (tertiary alicyclic amines) is 1. The molecule has 3 aliphatic rings. The summed E-state index contributed by atoms with van der Waals surface area (Å²) in [6.45, 7) is 4.09. The minimum Gasteiger partial charge on any atom is -0.392 e. The predicted octanol–water partition coefficient (Wildman–Crippen LogP) is 0.0590. The van der Waals surface area contributed by atoms with E-state index in [1.54, 1.807) is 0 Å². The Morgan fingerprint density at radius 3 is 3.26 bits per heavy atom. The van der Waals surface area contributed by atoms with Crippen LogP contribution in [0.15, 0.2) is 0 Å². The van der Waals surface area contributed by atoms with Crippen LogP contribution in [-0.4, -0.2) is 65.0 Å². The Kier molecular flexibility index (Phi) is 3.87. The van der Waals surface area contributed by atoms with E-state index in [4.69, 9.17) is 4.74 Å². The number of aromatic nitrogens is 2. The molecule has 7 heteroatoms. The van der Waals surface area contributed by atoms with Gasteiger partial charge in [0.25, 0.3) is 5.91 Å². The van der Waals surface area contributed by atoms with Gasteiger partial charge in [-0.2, -0.15) is 5.10 Å². The first kappa shape index (κ1) is 15.1. The maximum Gasteiger partial charge on any atom is 0.274 e. The fraction of sp³-hybridized carbons (Fsp3) is 0.750. The van der Waals surface area contributed by atoms with Gasteiger partial charge in [0.05, 0.1) is 19.3 Å². The number of aliphatic hydroxyl groups is 1. The molecule has 4 rings (SSSR count). The van der Waals surface area contributed by atoms with Crippen LogP contribution in [0, 0.1) is 5.41 Å². The van der Waals surface area contributed by atoms with E-state index in [9.17, 15) is 9.90 Å². The highest BCUT2D eigenvalue weighted by molar-refractivity contribution is 5.94. The second-order valence-electron chi connectivity index (χ2n) is 7.01. The molecular weight excluding hydrogens is 296 g/mol. The number of H-pyrrole nitrogens is 1. The van der Waals surface area contributed by atoms with Crippen molar-refractivity contribution >= 4 is 5.91 Å². The number of piperidine rings is 2. The molecule has 4 heterocycles. The molecule has 0 bridgehead atoms. The number of amides is 1. The van der Waals surface area contributed by atoms with E-state index in [-0.39, 0.29) is 17.4 Å². The Balaban J connectivity index is 1.55. The Morgan fingerprint density at radius 1 is 1.48 bits per heavy atom. The molecule has 0 saturated carbocycles. The van der Waals surface area contributed by atoms with Crippen LogP contribution in [0.25, 0.3) is 0 Å². The van der Waals surface area contributed by atoms with E-state index in [0.29, 0.717) is 25.5 Å². The summed E-state index contributed by atoms with van der Waals surface area (Å²) < 4.78 is 5.48. The topological polar surface area (TPSA) is 90.5 Å². The SMILES string of the molecule is O=C(c1n[nH]c2c1COCC2)N1CCC[C@]2(CNCC[C@@H]2O)C1. The van der Waals surface area contributed by atoms with Crippen molar-refractivity contribution in [3.8, 4) is 0 Å². The molecule has 23 heavy (non-hydrogen) atoms. The van der Waals surface area contributed by atoms with Crippen molar-refractivity contribution in [2.45, 2.75) is 38.4 Å². The summed E-state index contributed by atoms with van der Waals surface area (Å²) in [7, 11) is 0. The third-order valence-corrected chi connectivity index (χ3v) is 5.57. The highest BCUT2D eigenvalue weighted by Gasteiger charge is 2.44. The number of ether oxygens (including phenoxy) is 1. The van der Waals surface area contributed by atoms with E-state index >= 15 is 0 Å². The predicted molar refractivity (Wildman–Crippen MR) is 83.0 cm³/mol. The fourth-order valence-electron chi connectivity index (χ4n) is 4.19. The molecule has 0 aromatic carbocycles. The van der Waals surface area contributed by atoms with Crippen molar-refractivity contribution in [3.05, 3.63) is 17.0 Å². The molecule has 2 fully saturated rings. The lowest BCUT2D eigenvalue weighted by Crippen LogP contribution is -2.59. The maximum atomic E-state index is 13.0. The number of rotatable bonds is 1. The van der Waals surface area contributed by atoms with Crippen LogP contribution in [0.1, 0.15) is 41.0 Å². The highest BCUT2D eigenvalue weighted by atomic mass is 16.5. The van der Waals surface area contributed by atoms with Crippen LogP contribution in [0.2, 0.25) is 0 Å². The number of carbonyl (C=O) groups is 1. The first-order valence-corrected chi connectivity index (χ1v) is 8.51. The first-order valence-electron chi connectivity index (χ1n) is 8.51. The highest BCUT2D eigenvalue weighted by Crippen LogP contribution is 2.37. The number of aliphatic hydroxyl groups excluding tert-OH is 1. The Morgan fingerprint density at radius 2 is 2.39 bits per heavy atom. The standard InChI is InChI=1S/C16H24N4O3/c21-13-2-5-17-9-16(13)4-1-6-20(10-16)15(22)14-11-8-23-7-3-12(11)18-19-14/h13,17,21H,1-10H2,(H,18,19)/t13-,16-/m0/s1. The van der Waals surface area contributed by atoms with Gasteiger partial charge in [0.15, 0.2) is 5.69 Å². The Hall–Kier alpha value is -1.44. The third kappa shape index (κ3) is 2.56. The summed E-state index contributed by atoms with van der Waals surface area (Å²) >= 11 is 0. The molecule has 3 N–H and O–H groups in total. The van der Waals surface area contributed by atoms with Gasteiger partial charge in [-0.3, -0.25) is 9.89 Å². The summed E-state index contributed by atoms with van der Waals surface area (Å²) in [5.41, 5.74) is 2.21. The molecule has 126 valence electrons. The first-order chi connectivity index (χ1) is 11.2. The van der Waals surface area contributed by atoms with Crippen LogP contribution in [0.3, 0.4) is 0 Å². The smallest absolute Gasteiger partial charge is 0.274 e. The van der Waals surface area contributed by atoms with Crippen molar-refractivity contribution in [1.82, 2.24) is 20.4 Å². The Labute approximate surface area is 135 Å². The van der Waals surface area contributed by atoms with Gasteiger partial charge in [-0.1, -0.05) is 0 Å². The van der Waals surface area contributed by atoms with Gasteiger partial charge in [-0.25, -0.2) is 0 Å². The number of carbonyl (C=O) groups excluding carboxylic acids is 1. The molecular formula is C16H24N4O3. The zero-order valence-electron chi connectivity index (χ0n) is 13.3. The van der Waals surface area contributed by atoms with E-state index in [0.717, 1.165) is 56.6 Å². The number of aromatic amines is 1. The van der Waals surface area contributed by atoms with Crippen molar-refractivity contribution in [2.75, 3.05) is 32.8 Å². The molecule has 1 aromatic heterocycles. The van der Waals surface area contributed by atoms with Crippen molar-refractivity contribution in [1.29, 1.82) is 0 Å². The zero-order chi connectivity index (χ0) is 15.9. The molecule has 0 aliphatic carbocycles. The second kappa shape index (κ2) is 5.89. The summed E-state index contributed by atoms with van der Waals surface area (Å²) in [5.74, 6) is -0.0372. The number of hydrogen-bond acceptors (Lipinski definition) is 5. The molecule has 2 atom stereocenters. The lowest BCUT2D eigenvalue weighted by molar-refractivity contribution is -0.0434. The number of nitrogens with zero attached hydrogens (tertiary/aromatic N) is 2. The number of nitrogens with one attached hydrogen (secondary N) is 2. The summed E-state index contributed by atoms with van der Waals surface area (Å²) in [4.78, 5) is 14.8. The molecule has 0 unspecified atom stereocenters. The normalized spacial score (nSPS) is 31.2. The number of fused-ring (bicyclic) bond motifs is 1. The van der Waals surface area contributed by atoms with E-state index in [2.05, 4.69) is 15.5 Å². The van der Waals surface area contributed by atoms with Gasteiger partial charge < -0.3 is 20.1 Å². The quantitative estimate of drug-likeness (QED) is 0.681. The van der Waals surface area contributed by atoms with Crippen LogP contribution >= 0.6 is 0 Å². The molecule has 2 saturated heterocycles. The second-order valence-corrected chi connectivity index (χ2v) is 7.01.